The lowest BCUT2D eigenvalue weighted by Gasteiger charge is -2.34. The van der Waals surface area contributed by atoms with Gasteiger partial charge in [-0.2, -0.15) is 5.26 Å². The summed E-state index contributed by atoms with van der Waals surface area (Å²) >= 11 is 0. The van der Waals surface area contributed by atoms with Crippen LogP contribution in [-0.2, 0) is 4.74 Å². The Kier molecular flexibility index (Phi) is 2.86. The van der Waals surface area contributed by atoms with Crippen molar-refractivity contribution < 1.29 is 4.74 Å². The van der Waals surface area contributed by atoms with E-state index in [1.54, 1.807) is 0 Å². The molecule has 11 heavy (non-hydrogen) atoms. The number of ether oxygens (including phenoxy) is 1. The minimum absolute atomic E-state index is 0.277. The van der Waals surface area contributed by atoms with Gasteiger partial charge in [0.25, 0.3) is 0 Å². The van der Waals surface area contributed by atoms with E-state index in [-0.39, 0.29) is 6.10 Å². The predicted molar refractivity (Wildman–Crippen MR) is 42.1 cm³/mol. The van der Waals surface area contributed by atoms with Crippen LogP contribution in [0.2, 0.25) is 0 Å². The maximum Gasteiger partial charge on any atom is 0.0869 e. The predicted octanol–water partition coefficient (Wildman–Crippen LogP) is 0.619. The van der Waals surface area contributed by atoms with Crippen molar-refractivity contribution in [2.24, 2.45) is 0 Å². The Bertz CT molecular complexity index is 164. The fraction of sp³-hybridized carbons (Fsp3) is 0.875. The highest BCUT2D eigenvalue weighted by molar-refractivity contribution is 4.83. The van der Waals surface area contributed by atoms with E-state index in [9.17, 15) is 0 Å². The topological polar surface area (TPSA) is 36.3 Å². The van der Waals surface area contributed by atoms with Crippen molar-refractivity contribution in [3.63, 3.8) is 0 Å². The van der Waals surface area contributed by atoms with Crippen molar-refractivity contribution in [1.82, 2.24) is 4.90 Å². The zero-order valence-electron chi connectivity index (χ0n) is 7.08. The molecular formula is C8H14N2O. The van der Waals surface area contributed by atoms with Crippen LogP contribution >= 0.6 is 0 Å². The minimum Gasteiger partial charge on any atom is -0.376 e. The maximum absolute atomic E-state index is 8.49. The molecule has 0 amide bonds. The van der Waals surface area contributed by atoms with Gasteiger partial charge < -0.3 is 4.74 Å². The highest BCUT2D eigenvalue weighted by atomic mass is 16.5. The third kappa shape index (κ3) is 2.18. The second-order valence-corrected chi connectivity index (χ2v) is 3.08. The normalized spacial score (nSPS) is 33.2. The Labute approximate surface area is 67.6 Å². The van der Waals surface area contributed by atoms with Crippen LogP contribution in [0.1, 0.15) is 13.8 Å². The van der Waals surface area contributed by atoms with E-state index in [1.807, 2.05) is 6.92 Å². The molecule has 1 rings (SSSR count). The first kappa shape index (κ1) is 8.51. The van der Waals surface area contributed by atoms with Crippen LogP contribution in [0.3, 0.4) is 0 Å². The average molecular weight is 154 g/mol. The molecule has 1 aliphatic rings. The van der Waals surface area contributed by atoms with Crippen LogP contribution < -0.4 is 0 Å². The zero-order valence-corrected chi connectivity index (χ0v) is 7.08. The Morgan fingerprint density at radius 2 is 2.36 bits per heavy atom. The Morgan fingerprint density at radius 3 is 3.00 bits per heavy atom. The molecule has 0 aromatic rings. The molecular weight excluding hydrogens is 140 g/mol. The van der Waals surface area contributed by atoms with Gasteiger partial charge in [-0.25, -0.2) is 0 Å². The van der Waals surface area contributed by atoms with E-state index in [0.717, 1.165) is 13.2 Å². The molecule has 0 spiro atoms. The first-order valence-electron chi connectivity index (χ1n) is 3.96. The van der Waals surface area contributed by atoms with E-state index in [0.29, 0.717) is 12.6 Å². The summed E-state index contributed by atoms with van der Waals surface area (Å²) in [6.07, 6.45) is 0.277. The second kappa shape index (κ2) is 3.70. The molecule has 2 atom stereocenters. The van der Waals surface area contributed by atoms with E-state index < -0.39 is 0 Å². The molecule has 1 heterocycles. The zero-order chi connectivity index (χ0) is 8.27. The molecule has 0 bridgehead atoms. The summed E-state index contributed by atoms with van der Waals surface area (Å²) in [5.41, 5.74) is 0. The number of hydrogen-bond donors (Lipinski definition) is 0. The molecule has 0 radical (unpaired) electrons. The van der Waals surface area contributed by atoms with Gasteiger partial charge >= 0.3 is 0 Å². The van der Waals surface area contributed by atoms with Crippen molar-refractivity contribution in [2.45, 2.75) is 26.0 Å². The lowest BCUT2D eigenvalue weighted by molar-refractivity contribution is -0.0441. The van der Waals surface area contributed by atoms with Gasteiger partial charge in [0.15, 0.2) is 0 Å². The van der Waals surface area contributed by atoms with E-state index in [1.165, 1.54) is 0 Å². The molecule has 1 fully saturated rings. The van der Waals surface area contributed by atoms with Gasteiger partial charge in [-0.3, -0.25) is 4.90 Å². The number of nitriles is 1. The third-order valence-corrected chi connectivity index (χ3v) is 2.01. The number of hydrogen-bond acceptors (Lipinski definition) is 3. The summed E-state index contributed by atoms with van der Waals surface area (Å²) in [7, 11) is 0. The summed E-state index contributed by atoms with van der Waals surface area (Å²) in [6, 6.07) is 2.55. The standard InChI is InChI=1S/C8H14N2O/c1-7-6-11-8(2)5-10(7)4-3-9/h7-8H,4-6H2,1-2H3. The number of morpholine rings is 1. The fourth-order valence-electron chi connectivity index (χ4n) is 1.28. The highest BCUT2D eigenvalue weighted by Crippen LogP contribution is 2.09. The lowest BCUT2D eigenvalue weighted by atomic mass is 10.2. The largest absolute Gasteiger partial charge is 0.376 e. The third-order valence-electron chi connectivity index (χ3n) is 2.01. The van der Waals surface area contributed by atoms with Gasteiger partial charge in [0.1, 0.15) is 0 Å². The Morgan fingerprint density at radius 1 is 1.64 bits per heavy atom. The van der Waals surface area contributed by atoms with Gasteiger partial charge in [-0.1, -0.05) is 0 Å². The van der Waals surface area contributed by atoms with Crippen LogP contribution in [0.15, 0.2) is 0 Å². The van der Waals surface area contributed by atoms with Crippen LogP contribution in [-0.4, -0.2) is 36.7 Å². The van der Waals surface area contributed by atoms with Crippen LogP contribution in [0.4, 0.5) is 0 Å². The van der Waals surface area contributed by atoms with E-state index in [4.69, 9.17) is 10.00 Å². The first-order chi connectivity index (χ1) is 5.24. The molecule has 0 saturated carbocycles. The van der Waals surface area contributed by atoms with Gasteiger partial charge in [0.2, 0.25) is 0 Å². The SMILES string of the molecule is CC1CN(CC#N)C(C)CO1. The van der Waals surface area contributed by atoms with Gasteiger partial charge in [0, 0.05) is 12.6 Å². The summed E-state index contributed by atoms with van der Waals surface area (Å²) in [5, 5.41) is 8.49. The average Bonchev–Trinajstić information content (AvgIpc) is 1.98. The van der Waals surface area contributed by atoms with Crippen molar-refractivity contribution in [2.75, 3.05) is 19.7 Å². The molecule has 0 N–H and O–H groups in total. The second-order valence-electron chi connectivity index (χ2n) is 3.08. The number of rotatable bonds is 1. The molecule has 3 nitrogen and oxygen atoms in total. The molecule has 0 aliphatic carbocycles. The van der Waals surface area contributed by atoms with Crippen LogP contribution in [0.25, 0.3) is 0 Å². The highest BCUT2D eigenvalue weighted by Gasteiger charge is 2.22. The van der Waals surface area contributed by atoms with Crippen molar-refractivity contribution >= 4 is 0 Å². The number of nitrogens with zero attached hydrogens (tertiary/aromatic N) is 2. The van der Waals surface area contributed by atoms with Crippen molar-refractivity contribution in [3.8, 4) is 6.07 Å². The minimum atomic E-state index is 0.277. The van der Waals surface area contributed by atoms with Crippen LogP contribution in [0, 0.1) is 11.3 Å². The fourth-order valence-corrected chi connectivity index (χ4v) is 1.28. The van der Waals surface area contributed by atoms with E-state index >= 15 is 0 Å². The Hall–Kier alpha value is -0.590. The maximum atomic E-state index is 8.49. The summed E-state index contributed by atoms with van der Waals surface area (Å²) in [6.45, 7) is 6.28. The van der Waals surface area contributed by atoms with Gasteiger partial charge in [-0.05, 0) is 13.8 Å². The monoisotopic (exact) mass is 154 g/mol. The van der Waals surface area contributed by atoms with Gasteiger partial charge in [-0.15, -0.1) is 0 Å². The van der Waals surface area contributed by atoms with Crippen molar-refractivity contribution in [3.05, 3.63) is 0 Å². The molecule has 1 saturated heterocycles. The van der Waals surface area contributed by atoms with Crippen LogP contribution in [0.5, 0.6) is 0 Å². The summed E-state index contributed by atoms with van der Waals surface area (Å²) in [5.74, 6) is 0. The molecule has 1 aliphatic heterocycles. The quantitative estimate of drug-likeness (QED) is 0.519. The molecule has 0 aromatic heterocycles. The summed E-state index contributed by atoms with van der Waals surface area (Å²) in [4.78, 5) is 2.15. The van der Waals surface area contributed by atoms with Gasteiger partial charge in [0.05, 0.1) is 25.3 Å². The van der Waals surface area contributed by atoms with Crippen molar-refractivity contribution in [1.29, 1.82) is 5.26 Å². The lowest BCUT2D eigenvalue weighted by Crippen LogP contribution is -2.47. The summed E-state index contributed by atoms with van der Waals surface area (Å²) < 4.78 is 5.42. The molecule has 3 heteroatoms. The molecule has 0 aromatic carbocycles. The first-order valence-corrected chi connectivity index (χ1v) is 3.96. The molecule has 62 valence electrons. The Balaban J connectivity index is 2.42. The van der Waals surface area contributed by atoms with E-state index in [2.05, 4.69) is 17.9 Å². The molecule has 2 unspecified atom stereocenters. The smallest absolute Gasteiger partial charge is 0.0869 e.